The Balaban J connectivity index is 5.24. The highest BCUT2D eigenvalue weighted by molar-refractivity contribution is 5.94. The van der Waals surface area contributed by atoms with Gasteiger partial charge in [0, 0.05) is 6.54 Å². The van der Waals surface area contributed by atoms with Gasteiger partial charge in [0.15, 0.2) is 5.96 Å². The molecule has 14 heteroatoms. The van der Waals surface area contributed by atoms with Crippen molar-refractivity contribution in [3.63, 3.8) is 0 Å². The molecule has 0 bridgehead atoms. The number of amides is 3. The maximum atomic E-state index is 12.6. The van der Waals surface area contributed by atoms with Gasteiger partial charge in [0.25, 0.3) is 0 Å². The first-order chi connectivity index (χ1) is 13.9. The van der Waals surface area contributed by atoms with E-state index in [0.29, 0.717) is 0 Å². The summed E-state index contributed by atoms with van der Waals surface area (Å²) >= 11 is 0. The van der Waals surface area contributed by atoms with Crippen LogP contribution in [-0.2, 0) is 19.2 Å². The number of carbonyl (C=O) groups is 4. The van der Waals surface area contributed by atoms with Crippen LogP contribution in [-0.4, -0.2) is 88.4 Å². The summed E-state index contributed by atoms with van der Waals surface area (Å²) in [6, 6.07) is -4.00. The Labute approximate surface area is 173 Å². The van der Waals surface area contributed by atoms with Gasteiger partial charge in [0.1, 0.15) is 24.7 Å². The van der Waals surface area contributed by atoms with E-state index in [-0.39, 0.29) is 25.3 Å². The standard InChI is InChI=1S/C16H31N7O7/c1-7(24)11(17)14(29)23-12(8(2)25)15(30)22-9(4-3-5-20-16(18)19)13(28)21-6-10(26)27/h7-9,11-12,24-25H,3-6,17H2,1-2H3,(H,21,28)(H,22,30)(H,23,29)(H,26,27)(H4,18,19,20). The average molecular weight is 433 g/mol. The number of carboxylic acid groups (broad SMARTS) is 1. The molecule has 30 heavy (non-hydrogen) atoms. The van der Waals surface area contributed by atoms with Crippen LogP contribution in [0.3, 0.4) is 0 Å². The number of hydrogen-bond donors (Lipinski definition) is 9. The number of aliphatic hydroxyl groups excluding tert-OH is 2. The predicted octanol–water partition coefficient (Wildman–Crippen LogP) is -4.70. The molecule has 5 unspecified atom stereocenters. The monoisotopic (exact) mass is 433 g/mol. The zero-order chi connectivity index (χ0) is 23.4. The van der Waals surface area contributed by atoms with E-state index in [0.717, 1.165) is 0 Å². The number of guanidine groups is 1. The van der Waals surface area contributed by atoms with E-state index in [1.165, 1.54) is 13.8 Å². The number of rotatable bonds is 13. The van der Waals surface area contributed by atoms with Crippen molar-refractivity contribution in [3.05, 3.63) is 0 Å². The van der Waals surface area contributed by atoms with Crippen molar-refractivity contribution in [2.24, 2.45) is 22.2 Å². The first kappa shape index (κ1) is 27.0. The minimum Gasteiger partial charge on any atom is -0.480 e. The van der Waals surface area contributed by atoms with Crippen molar-refractivity contribution in [1.82, 2.24) is 16.0 Å². The Hall–Kier alpha value is -2.97. The molecule has 0 saturated heterocycles. The fourth-order valence-corrected chi connectivity index (χ4v) is 2.19. The molecule has 12 N–H and O–H groups in total. The molecule has 0 aliphatic carbocycles. The summed E-state index contributed by atoms with van der Waals surface area (Å²) in [4.78, 5) is 51.2. The first-order valence-corrected chi connectivity index (χ1v) is 9.14. The van der Waals surface area contributed by atoms with Gasteiger partial charge in [0.05, 0.1) is 12.2 Å². The van der Waals surface area contributed by atoms with Gasteiger partial charge in [0.2, 0.25) is 17.7 Å². The van der Waals surface area contributed by atoms with E-state index < -0.39 is 60.6 Å². The van der Waals surface area contributed by atoms with E-state index >= 15 is 0 Å². The van der Waals surface area contributed by atoms with E-state index in [2.05, 4.69) is 20.9 Å². The van der Waals surface area contributed by atoms with Gasteiger partial charge in [-0.25, -0.2) is 0 Å². The lowest BCUT2D eigenvalue weighted by Gasteiger charge is -2.26. The summed E-state index contributed by atoms with van der Waals surface area (Å²) in [7, 11) is 0. The SMILES string of the molecule is CC(O)C(N)C(=O)NC(C(=O)NC(CCCN=C(N)N)C(=O)NCC(=O)O)C(C)O. The topological polar surface area (TPSA) is 255 Å². The molecule has 0 saturated carbocycles. The van der Waals surface area contributed by atoms with Crippen molar-refractivity contribution < 1.29 is 34.5 Å². The highest BCUT2D eigenvalue weighted by Gasteiger charge is 2.31. The molecule has 0 radical (unpaired) electrons. The van der Waals surface area contributed by atoms with E-state index in [1.54, 1.807) is 0 Å². The van der Waals surface area contributed by atoms with Gasteiger partial charge in [-0.15, -0.1) is 0 Å². The Kier molecular flexibility index (Phi) is 12.0. The van der Waals surface area contributed by atoms with E-state index in [9.17, 15) is 29.4 Å². The van der Waals surface area contributed by atoms with E-state index in [4.69, 9.17) is 22.3 Å². The van der Waals surface area contributed by atoms with Gasteiger partial charge in [-0.2, -0.15) is 0 Å². The molecular formula is C16H31N7O7. The Morgan fingerprint density at radius 1 is 0.967 bits per heavy atom. The number of aliphatic imine (C=N–C) groups is 1. The Morgan fingerprint density at radius 2 is 1.57 bits per heavy atom. The molecule has 0 spiro atoms. The number of nitrogens with two attached hydrogens (primary N) is 3. The highest BCUT2D eigenvalue weighted by Crippen LogP contribution is 2.03. The number of hydrogen-bond acceptors (Lipinski definition) is 8. The second-order valence-corrected chi connectivity index (χ2v) is 6.61. The van der Waals surface area contributed by atoms with Crippen LogP contribution in [0.4, 0.5) is 0 Å². The fourth-order valence-electron chi connectivity index (χ4n) is 2.19. The van der Waals surface area contributed by atoms with Gasteiger partial charge in [-0.3, -0.25) is 24.2 Å². The van der Waals surface area contributed by atoms with Crippen LogP contribution in [0.15, 0.2) is 4.99 Å². The van der Waals surface area contributed by atoms with Gasteiger partial charge in [-0.1, -0.05) is 0 Å². The average Bonchev–Trinajstić information content (AvgIpc) is 2.64. The van der Waals surface area contributed by atoms with Crippen LogP contribution in [0.5, 0.6) is 0 Å². The van der Waals surface area contributed by atoms with Crippen LogP contribution >= 0.6 is 0 Å². The highest BCUT2D eigenvalue weighted by atomic mass is 16.4. The zero-order valence-corrected chi connectivity index (χ0v) is 16.9. The number of carbonyl (C=O) groups excluding carboxylic acids is 3. The summed E-state index contributed by atoms with van der Waals surface area (Å²) in [5.74, 6) is -4.02. The van der Waals surface area contributed by atoms with Crippen molar-refractivity contribution in [3.8, 4) is 0 Å². The van der Waals surface area contributed by atoms with Gasteiger partial charge in [-0.05, 0) is 26.7 Å². The zero-order valence-electron chi connectivity index (χ0n) is 16.9. The Morgan fingerprint density at radius 3 is 2.03 bits per heavy atom. The molecule has 0 rings (SSSR count). The van der Waals surface area contributed by atoms with Crippen molar-refractivity contribution in [2.45, 2.75) is 57.0 Å². The van der Waals surface area contributed by atoms with Crippen molar-refractivity contribution in [2.75, 3.05) is 13.1 Å². The summed E-state index contributed by atoms with van der Waals surface area (Å²) in [6.45, 7) is 2.00. The summed E-state index contributed by atoms with van der Waals surface area (Å²) in [6.07, 6.45) is -2.25. The largest absolute Gasteiger partial charge is 0.480 e. The minimum atomic E-state index is -1.48. The molecule has 0 aliphatic rings. The second-order valence-electron chi connectivity index (χ2n) is 6.61. The fraction of sp³-hybridized carbons (Fsp3) is 0.688. The summed E-state index contributed by atoms with van der Waals surface area (Å²) < 4.78 is 0. The molecule has 0 aliphatic heterocycles. The number of aliphatic hydroxyl groups is 2. The lowest BCUT2D eigenvalue weighted by Crippen LogP contribution is -2.60. The third-order valence-electron chi connectivity index (χ3n) is 3.88. The molecule has 0 aromatic carbocycles. The van der Waals surface area contributed by atoms with Crippen LogP contribution in [0.1, 0.15) is 26.7 Å². The lowest BCUT2D eigenvalue weighted by molar-refractivity contribution is -0.139. The van der Waals surface area contributed by atoms with Crippen LogP contribution in [0.25, 0.3) is 0 Å². The van der Waals surface area contributed by atoms with Crippen LogP contribution < -0.4 is 33.2 Å². The molecule has 0 fully saturated rings. The predicted molar refractivity (Wildman–Crippen MR) is 106 cm³/mol. The maximum Gasteiger partial charge on any atom is 0.322 e. The van der Waals surface area contributed by atoms with Gasteiger partial charge >= 0.3 is 5.97 Å². The summed E-state index contributed by atoms with van der Waals surface area (Å²) in [5, 5.41) is 34.6. The van der Waals surface area contributed by atoms with Crippen LogP contribution in [0, 0.1) is 0 Å². The number of nitrogens with one attached hydrogen (secondary N) is 3. The number of carboxylic acids is 1. The molecule has 3 amide bonds. The lowest BCUT2D eigenvalue weighted by atomic mass is 10.1. The molecule has 0 aromatic heterocycles. The maximum absolute atomic E-state index is 12.6. The third kappa shape index (κ3) is 10.5. The van der Waals surface area contributed by atoms with Crippen molar-refractivity contribution in [1.29, 1.82) is 0 Å². The molecular weight excluding hydrogens is 402 g/mol. The minimum absolute atomic E-state index is 0.0433. The number of aliphatic carboxylic acids is 1. The van der Waals surface area contributed by atoms with Crippen LogP contribution in [0.2, 0.25) is 0 Å². The summed E-state index contributed by atoms with van der Waals surface area (Å²) in [5.41, 5.74) is 15.9. The first-order valence-electron chi connectivity index (χ1n) is 9.14. The molecule has 14 nitrogen and oxygen atoms in total. The van der Waals surface area contributed by atoms with E-state index in [1.807, 2.05) is 0 Å². The third-order valence-corrected chi connectivity index (χ3v) is 3.88. The molecule has 0 heterocycles. The number of nitrogens with zero attached hydrogens (tertiary/aromatic N) is 1. The molecule has 5 atom stereocenters. The molecule has 172 valence electrons. The Bertz CT molecular complexity index is 635. The normalized spacial score (nSPS) is 15.6. The van der Waals surface area contributed by atoms with Gasteiger partial charge < -0.3 is 48.5 Å². The molecule has 0 aromatic rings. The smallest absolute Gasteiger partial charge is 0.322 e. The quantitative estimate of drug-likeness (QED) is 0.0761. The second kappa shape index (κ2) is 13.3. The van der Waals surface area contributed by atoms with Crippen molar-refractivity contribution >= 4 is 29.7 Å².